The summed E-state index contributed by atoms with van der Waals surface area (Å²) in [5.74, 6) is 2.48. The van der Waals surface area contributed by atoms with E-state index in [1.165, 1.54) is 64.2 Å². The monoisotopic (exact) mass is 658 g/mol. The molecule has 0 unspecified atom stereocenters. The van der Waals surface area contributed by atoms with Crippen molar-refractivity contribution >= 4 is 46.8 Å². The molecule has 44 heavy (non-hydrogen) atoms. The standard InChI is InChI=1S/2C13H22N4S.2NO3/c2*1-2-3-4-5-6-9-18-12-8-7-11(10-16-12)17-13(14)15;2*2-1(3)4/h2*7-8,10H,2-6,9H2,1H3,(H4,14,15,17);;/q;;2*-1/p+2. The molecule has 0 atom stereocenters. The molecule has 0 aliphatic carbocycles. The number of thioether (sulfide) groups is 2. The molecule has 0 saturated carbocycles. The number of nitrogens with two attached hydrogens (primary N) is 4. The maximum absolute atomic E-state index is 8.25. The Morgan fingerprint density at radius 3 is 1.20 bits per heavy atom. The normalized spacial score (nSPS) is 9.50. The van der Waals surface area contributed by atoms with E-state index in [1.54, 1.807) is 0 Å². The van der Waals surface area contributed by atoms with Crippen LogP contribution in [0.3, 0.4) is 0 Å². The minimum atomic E-state index is -1.75. The molecule has 2 aromatic heterocycles. The number of rotatable bonds is 16. The summed E-state index contributed by atoms with van der Waals surface area (Å²) in [6.45, 7) is 4.48. The van der Waals surface area contributed by atoms with Gasteiger partial charge in [0.15, 0.2) is 24.3 Å². The molecule has 0 aliphatic heterocycles. The van der Waals surface area contributed by atoms with Crippen LogP contribution in [-0.4, -0.2) is 33.6 Å². The fourth-order valence-corrected chi connectivity index (χ4v) is 4.95. The van der Waals surface area contributed by atoms with Crippen LogP contribution in [0.1, 0.15) is 78.1 Å². The molecule has 0 fully saturated rings. The third-order valence-electron chi connectivity index (χ3n) is 5.06. The SMILES string of the molecule is CCCCCCCSc1ccc(N=C(N)N)c[nH+]1.CCCCCCCSc1ccc(N=C(N)N)c[nH+]1.O=[N+]([O-])[O-].O=[N+]([O-])[O-]. The predicted octanol–water partition coefficient (Wildman–Crippen LogP) is 4.46. The maximum atomic E-state index is 8.25. The number of aromatic amines is 2. The molecule has 0 radical (unpaired) electrons. The van der Waals surface area contributed by atoms with Crippen molar-refractivity contribution in [1.29, 1.82) is 0 Å². The van der Waals surface area contributed by atoms with Crippen molar-refractivity contribution in [3.63, 3.8) is 0 Å². The van der Waals surface area contributed by atoms with Gasteiger partial charge in [0.2, 0.25) is 10.1 Å². The number of guanidine groups is 2. The van der Waals surface area contributed by atoms with Gasteiger partial charge in [-0.05, 0) is 25.0 Å². The lowest BCUT2D eigenvalue weighted by atomic mass is 10.2. The number of nitrogens with zero attached hydrogens (tertiary/aromatic N) is 4. The first-order valence-electron chi connectivity index (χ1n) is 14.0. The Balaban J connectivity index is 0. The first kappa shape index (κ1) is 42.1. The van der Waals surface area contributed by atoms with Crippen molar-refractivity contribution in [2.24, 2.45) is 32.9 Å². The van der Waals surface area contributed by atoms with Crippen molar-refractivity contribution in [3.05, 3.63) is 67.3 Å². The van der Waals surface area contributed by atoms with E-state index in [0.717, 1.165) is 32.9 Å². The minimum absolute atomic E-state index is 0.0831. The van der Waals surface area contributed by atoms with E-state index >= 15 is 0 Å². The van der Waals surface area contributed by atoms with Crippen molar-refractivity contribution in [2.75, 3.05) is 11.5 Å². The number of unbranched alkanes of at least 4 members (excludes halogenated alkanes) is 8. The third-order valence-corrected chi connectivity index (χ3v) is 7.18. The first-order valence-corrected chi connectivity index (χ1v) is 16.0. The summed E-state index contributed by atoms with van der Waals surface area (Å²) in [5.41, 5.74) is 22.7. The number of pyridine rings is 2. The highest BCUT2D eigenvalue weighted by molar-refractivity contribution is 7.99. The number of aliphatic imine (C=N–C) groups is 2. The van der Waals surface area contributed by atoms with E-state index < -0.39 is 10.2 Å². The Morgan fingerprint density at radius 1 is 0.636 bits per heavy atom. The van der Waals surface area contributed by atoms with Crippen LogP contribution in [0.2, 0.25) is 0 Å². The highest BCUT2D eigenvalue weighted by atomic mass is 32.2. The van der Waals surface area contributed by atoms with Crippen molar-refractivity contribution in [1.82, 2.24) is 0 Å². The first-order chi connectivity index (χ1) is 20.9. The highest BCUT2D eigenvalue weighted by Gasteiger charge is 2.04. The van der Waals surface area contributed by atoms with Crippen LogP contribution in [0.15, 0.2) is 56.7 Å². The average molecular weight is 659 g/mol. The molecule has 0 aromatic carbocycles. The summed E-state index contributed by atoms with van der Waals surface area (Å²) < 4.78 is 0. The molecule has 0 amide bonds. The van der Waals surface area contributed by atoms with Gasteiger partial charge >= 0.3 is 0 Å². The van der Waals surface area contributed by atoms with E-state index in [1.807, 2.05) is 60.2 Å². The smallest absolute Gasteiger partial charge is 0.238 e. The topological polar surface area (TPSA) is 289 Å². The molecule has 2 heterocycles. The second-order valence-electron chi connectivity index (χ2n) is 8.87. The lowest BCUT2D eigenvalue weighted by Crippen LogP contribution is -2.22. The van der Waals surface area contributed by atoms with Crippen LogP contribution in [-0.2, 0) is 0 Å². The summed E-state index contributed by atoms with van der Waals surface area (Å²) in [5, 5.41) is 31.8. The largest absolute Gasteiger partial charge is 0.370 e. The number of hydrogen-bond acceptors (Lipinski definition) is 10. The average Bonchev–Trinajstić information content (AvgIpc) is 2.93. The second kappa shape index (κ2) is 29.0. The third kappa shape index (κ3) is 32.5. The molecule has 2 rings (SSSR count). The lowest BCUT2D eigenvalue weighted by molar-refractivity contribution is -0.426. The zero-order chi connectivity index (χ0) is 33.6. The van der Waals surface area contributed by atoms with Gasteiger partial charge in [-0.2, -0.15) is 0 Å². The number of nitrogens with one attached hydrogen (secondary N) is 2. The summed E-state index contributed by atoms with van der Waals surface area (Å²) in [6, 6.07) is 7.85. The molecule has 0 saturated heterocycles. The van der Waals surface area contributed by atoms with E-state index in [9.17, 15) is 0 Å². The fraction of sp³-hybridized carbons (Fsp3) is 0.538. The molecule has 248 valence electrons. The number of H-pyrrole nitrogens is 2. The van der Waals surface area contributed by atoms with Gasteiger partial charge in [0.25, 0.3) is 0 Å². The van der Waals surface area contributed by atoms with Gasteiger partial charge in [0.1, 0.15) is 11.4 Å². The Kier molecular flexibility index (Phi) is 27.8. The zero-order valence-corrected chi connectivity index (χ0v) is 26.9. The maximum Gasteiger partial charge on any atom is 0.238 e. The Bertz CT molecular complexity index is 976. The van der Waals surface area contributed by atoms with Crippen LogP contribution >= 0.6 is 23.5 Å². The molecule has 0 spiro atoms. The summed E-state index contributed by atoms with van der Waals surface area (Å²) >= 11 is 3.68. The van der Waals surface area contributed by atoms with E-state index in [0.29, 0.717) is 0 Å². The molecule has 16 nitrogen and oxygen atoms in total. The molecular formula is C26H46N10O6S2. The van der Waals surface area contributed by atoms with Gasteiger partial charge in [0, 0.05) is 23.6 Å². The van der Waals surface area contributed by atoms with Gasteiger partial charge < -0.3 is 53.6 Å². The summed E-state index contributed by atoms with van der Waals surface area (Å²) in [7, 11) is 0. The van der Waals surface area contributed by atoms with Crippen LogP contribution in [0, 0.1) is 30.6 Å². The molecule has 18 heteroatoms. The van der Waals surface area contributed by atoms with Crippen LogP contribution in [0.25, 0.3) is 0 Å². The minimum Gasteiger partial charge on any atom is -0.370 e. The van der Waals surface area contributed by atoms with E-state index in [-0.39, 0.29) is 11.9 Å². The van der Waals surface area contributed by atoms with Crippen LogP contribution < -0.4 is 32.9 Å². The lowest BCUT2D eigenvalue weighted by Gasteiger charge is -1.98. The number of aromatic nitrogens is 2. The Labute approximate surface area is 266 Å². The molecule has 2 aromatic rings. The second-order valence-corrected chi connectivity index (χ2v) is 11.1. The fourth-order valence-electron chi connectivity index (χ4n) is 3.20. The van der Waals surface area contributed by atoms with E-state index in [4.69, 9.17) is 53.6 Å². The molecule has 10 N–H and O–H groups in total. The number of hydrogen-bond donors (Lipinski definition) is 4. The quantitative estimate of drug-likeness (QED) is 0.0485. The Morgan fingerprint density at radius 2 is 0.955 bits per heavy atom. The van der Waals surface area contributed by atoms with Gasteiger partial charge in [0.05, 0.1) is 10.2 Å². The zero-order valence-electron chi connectivity index (χ0n) is 25.3. The van der Waals surface area contributed by atoms with Crippen molar-refractivity contribution in [3.8, 4) is 0 Å². The van der Waals surface area contributed by atoms with Crippen molar-refractivity contribution in [2.45, 2.75) is 88.1 Å². The van der Waals surface area contributed by atoms with Gasteiger partial charge in [-0.15, -0.1) is 0 Å². The Hall–Kier alpha value is -4.06. The predicted molar refractivity (Wildman–Crippen MR) is 177 cm³/mol. The summed E-state index contributed by atoms with van der Waals surface area (Å²) in [4.78, 5) is 30.8. The molecular weight excluding hydrogens is 612 g/mol. The van der Waals surface area contributed by atoms with E-state index in [2.05, 4.69) is 33.8 Å². The van der Waals surface area contributed by atoms with Gasteiger partial charge in [-0.25, -0.2) is 20.0 Å². The molecule has 0 bridgehead atoms. The summed E-state index contributed by atoms with van der Waals surface area (Å²) in [6.07, 6.45) is 16.8. The highest BCUT2D eigenvalue weighted by Crippen LogP contribution is 2.18. The van der Waals surface area contributed by atoms with Crippen LogP contribution in [0.4, 0.5) is 11.4 Å². The van der Waals surface area contributed by atoms with Gasteiger partial charge in [-0.3, -0.25) is 0 Å². The van der Waals surface area contributed by atoms with Crippen LogP contribution in [0.5, 0.6) is 0 Å². The van der Waals surface area contributed by atoms with Crippen molar-refractivity contribution < 1.29 is 20.1 Å². The van der Waals surface area contributed by atoms with Gasteiger partial charge in [-0.1, -0.05) is 88.7 Å². The molecule has 0 aliphatic rings.